The number of methoxy groups -OCH3 is 2. The van der Waals surface area contributed by atoms with E-state index in [4.69, 9.17) is 19.4 Å². The molecule has 1 aromatic heterocycles. The average Bonchev–Trinajstić information content (AvgIpc) is 3.02. The van der Waals surface area contributed by atoms with Gasteiger partial charge in [0.05, 0.1) is 19.1 Å². The summed E-state index contributed by atoms with van der Waals surface area (Å²) in [5.41, 5.74) is 0. The molecule has 1 atom stereocenters. The molecule has 5 nitrogen and oxygen atoms in total. The van der Waals surface area contributed by atoms with Gasteiger partial charge in [-0.3, -0.25) is 9.59 Å². The van der Waals surface area contributed by atoms with Gasteiger partial charge in [0.1, 0.15) is 0 Å². The molecular weight excluding hydrogens is 347 g/mol. The first-order valence-corrected chi connectivity index (χ1v) is 8.98. The second-order valence-corrected chi connectivity index (χ2v) is 5.99. The molecule has 0 aliphatic heterocycles. The Morgan fingerprint density at radius 1 is 1.29 bits per heavy atom. The second-order valence-electron chi connectivity index (χ2n) is 4.33. The third kappa shape index (κ3) is 5.46. The molecule has 134 valence electrons. The zero-order valence-electron chi connectivity index (χ0n) is 14.7. The molecule has 0 bridgehead atoms. The van der Waals surface area contributed by atoms with Crippen LogP contribution in [-0.2, 0) is 4.79 Å². The van der Waals surface area contributed by atoms with Gasteiger partial charge in [0.25, 0.3) is 6.47 Å². The van der Waals surface area contributed by atoms with E-state index in [1.54, 1.807) is 14.2 Å². The molecule has 1 N–H and O–H groups in total. The lowest BCUT2D eigenvalue weighted by Gasteiger charge is -2.10. The number of hydrogen-bond acceptors (Lipinski definition) is 5. The van der Waals surface area contributed by atoms with E-state index in [0.29, 0.717) is 17.9 Å². The Balaban J connectivity index is 0.000000952. The third-order valence-electron chi connectivity index (χ3n) is 2.96. The molecule has 1 aromatic carbocycles. The predicted octanol–water partition coefficient (Wildman–Crippen LogP) is 4.13. The number of rotatable bonds is 5. The van der Waals surface area contributed by atoms with E-state index in [1.165, 1.54) is 11.3 Å². The predicted molar refractivity (Wildman–Crippen MR) is 104 cm³/mol. The van der Waals surface area contributed by atoms with Crippen molar-refractivity contribution < 1.29 is 24.2 Å². The summed E-state index contributed by atoms with van der Waals surface area (Å²) in [6.45, 7) is 5.76. The van der Waals surface area contributed by atoms with Gasteiger partial charge in [0.2, 0.25) is 0 Å². The number of Topliss-reactive ketones (excluding diaryl/α,β-unsaturated/α-hetero) is 1. The maximum Gasteiger partial charge on any atom is 0.290 e. The highest BCUT2D eigenvalue weighted by molar-refractivity contribution is 7.29. The van der Waals surface area contributed by atoms with Gasteiger partial charge < -0.3 is 14.6 Å². The summed E-state index contributed by atoms with van der Waals surface area (Å²) in [6.07, 6.45) is 1.46. The Bertz CT molecular complexity index is 667. The van der Waals surface area contributed by atoms with Gasteiger partial charge >= 0.3 is 0 Å². The molecule has 24 heavy (non-hydrogen) atoms. The van der Waals surface area contributed by atoms with Crippen LogP contribution in [0.25, 0.3) is 10.1 Å². The van der Waals surface area contributed by atoms with Crippen molar-refractivity contribution in [2.75, 3.05) is 14.2 Å². The molecule has 0 radical (unpaired) electrons. The Morgan fingerprint density at radius 2 is 1.88 bits per heavy atom. The monoisotopic (exact) mass is 372 g/mol. The van der Waals surface area contributed by atoms with Crippen LogP contribution in [0, 0.1) is 0 Å². The summed E-state index contributed by atoms with van der Waals surface area (Å²) in [4.78, 5) is 21.1. The number of ether oxygens (including phenoxy) is 2. The maximum absolute atomic E-state index is 12.0. The van der Waals surface area contributed by atoms with Crippen LogP contribution in [0.15, 0.2) is 12.1 Å². The van der Waals surface area contributed by atoms with Crippen LogP contribution in [0.3, 0.4) is 0 Å². The third-order valence-corrected chi connectivity index (χ3v) is 4.65. The van der Waals surface area contributed by atoms with Crippen molar-refractivity contribution in [3.8, 4) is 11.5 Å². The zero-order valence-corrected chi connectivity index (χ0v) is 16.7. The molecule has 0 aliphatic rings. The van der Waals surface area contributed by atoms with E-state index >= 15 is 0 Å². The molecule has 0 spiro atoms. The number of carboxylic acid groups (broad SMARTS) is 1. The number of ketones is 1. The Labute approximate surface area is 149 Å². The number of benzene rings is 1. The van der Waals surface area contributed by atoms with Crippen LogP contribution >= 0.6 is 20.6 Å². The van der Waals surface area contributed by atoms with Gasteiger partial charge in [-0.1, -0.05) is 20.8 Å². The van der Waals surface area contributed by atoms with Crippen molar-refractivity contribution in [2.45, 2.75) is 33.6 Å². The van der Waals surface area contributed by atoms with Crippen LogP contribution in [-0.4, -0.2) is 31.6 Å². The first kappa shape index (κ1) is 22.4. The van der Waals surface area contributed by atoms with E-state index in [0.717, 1.165) is 26.7 Å². The summed E-state index contributed by atoms with van der Waals surface area (Å²) in [7, 11) is 5.91. The summed E-state index contributed by atoms with van der Waals surface area (Å²) < 4.78 is 11.7. The van der Waals surface area contributed by atoms with Crippen LogP contribution < -0.4 is 14.8 Å². The smallest absolute Gasteiger partial charge is 0.290 e. The van der Waals surface area contributed by atoms with Crippen LogP contribution in [0.4, 0.5) is 0 Å². The van der Waals surface area contributed by atoms with E-state index in [-0.39, 0.29) is 12.3 Å². The molecule has 7 heteroatoms. The van der Waals surface area contributed by atoms with Crippen molar-refractivity contribution in [1.82, 2.24) is 0 Å². The first-order chi connectivity index (χ1) is 11.5. The fourth-order valence-electron chi connectivity index (χ4n) is 2.01. The quantitative estimate of drug-likeness (QED) is 0.485. The zero-order chi connectivity index (χ0) is 18.7. The molecule has 0 saturated heterocycles. The van der Waals surface area contributed by atoms with Crippen molar-refractivity contribution in [3.63, 3.8) is 0 Å². The lowest BCUT2D eigenvalue weighted by molar-refractivity contribution is -0.122. The topological polar surface area (TPSA) is 72.8 Å². The maximum atomic E-state index is 12.0. The number of thiophene rings is 1. The minimum absolute atomic E-state index is 0.200. The fraction of sp³-hybridized carbons (Fsp3) is 0.412. The number of carbonyl (C=O) groups is 2. The van der Waals surface area contributed by atoms with E-state index < -0.39 is 0 Å². The Hall–Kier alpha value is -1.65. The summed E-state index contributed by atoms with van der Waals surface area (Å²) in [6, 6.07) is 3.87. The molecule has 2 rings (SSSR count). The van der Waals surface area contributed by atoms with Gasteiger partial charge in [-0.2, -0.15) is 0 Å². The summed E-state index contributed by atoms with van der Waals surface area (Å²) >= 11 is 1.51. The van der Waals surface area contributed by atoms with Crippen molar-refractivity contribution in [2.24, 2.45) is 0 Å². The number of fused-ring (bicyclic) bond motifs is 1. The standard InChI is InChI=1S/C14H17O3PS.C2H6.CH2O2/c1-4-5-9(15)12-6-8-11(19-12)7-10(16-2)13(17-3)14(8)18;1-2;2-1-3/h6-7H,4-5,18H2,1-3H3;1-2H3;1H,(H,2,3). The second kappa shape index (κ2) is 11.8. The highest BCUT2D eigenvalue weighted by atomic mass is 32.1. The molecule has 1 heterocycles. The van der Waals surface area contributed by atoms with Crippen molar-refractivity contribution in [1.29, 1.82) is 0 Å². The van der Waals surface area contributed by atoms with E-state index in [1.807, 2.05) is 32.9 Å². The van der Waals surface area contributed by atoms with Gasteiger partial charge in [0.15, 0.2) is 17.3 Å². The van der Waals surface area contributed by atoms with Gasteiger partial charge in [-0.05, 0) is 12.5 Å². The summed E-state index contributed by atoms with van der Waals surface area (Å²) in [5, 5.41) is 8.86. The molecule has 0 saturated carbocycles. The molecule has 0 aliphatic carbocycles. The molecule has 0 amide bonds. The number of carbonyl (C=O) groups excluding carboxylic acids is 1. The molecule has 1 unspecified atom stereocenters. The van der Waals surface area contributed by atoms with Crippen LogP contribution in [0.1, 0.15) is 43.3 Å². The first-order valence-electron chi connectivity index (χ1n) is 7.59. The Morgan fingerprint density at radius 3 is 2.33 bits per heavy atom. The number of hydrogen-bond donors (Lipinski definition) is 1. The highest BCUT2D eigenvalue weighted by Gasteiger charge is 2.16. The Kier molecular flexibility index (Phi) is 11.0. The average molecular weight is 372 g/mol. The molecule has 0 fully saturated rings. The van der Waals surface area contributed by atoms with Gasteiger partial charge in [-0.15, -0.1) is 20.6 Å². The molecule has 2 aromatic rings. The minimum atomic E-state index is -0.250. The van der Waals surface area contributed by atoms with Crippen LogP contribution in [0.2, 0.25) is 0 Å². The van der Waals surface area contributed by atoms with Gasteiger partial charge in [0, 0.05) is 27.9 Å². The van der Waals surface area contributed by atoms with Crippen LogP contribution in [0.5, 0.6) is 11.5 Å². The largest absolute Gasteiger partial charge is 0.493 e. The lowest BCUT2D eigenvalue weighted by Crippen LogP contribution is -2.02. The van der Waals surface area contributed by atoms with Crippen molar-refractivity contribution >= 4 is 48.2 Å². The summed E-state index contributed by atoms with van der Waals surface area (Å²) in [5.74, 6) is 1.59. The normalized spacial score (nSPS) is 9.25. The highest BCUT2D eigenvalue weighted by Crippen LogP contribution is 2.36. The molecular formula is C17H25O5PS. The van der Waals surface area contributed by atoms with Gasteiger partial charge in [-0.25, -0.2) is 0 Å². The SMILES string of the molecule is CC.CCCC(=O)c1cc2c(P)c(OC)c(OC)cc2s1.O=CO. The minimum Gasteiger partial charge on any atom is -0.493 e. The van der Waals surface area contributed by atoms with E-state index in [9.17, 15) is 4.79 Å². The fourth-order valence-corrected chi connectivity index (χ4v) is 3.69. The van der Waals surface area contributed by atoms with E-state index in [2.05, 4.69) is 9.24 Å². The lowest BCUT2D eigenvalue weighted by atomic mass is 10.1. The van der Waals surface area contributed by atoms with Crippen molar-refractivity contribution in [3.05, 3.63) is 17.0 Å².